The first-order valence-corrected chi connectivity index (χ1v) is 7.04. The molecule has 0 spiro atoms. The first-order chi connectivity index (χ1) is 8.90. The molecule has 0 amide bonds. The van der Waals surface area contributed by atoms with Gasteiger partial charge < -0.3 is 14.6 Å². The zero-order valence-electron chi connectivity index (χ0n) is 10.7. The minimum absolute atomic E-state index is 0.298. The van der Waals surface area contributed by atoms with Crippen LogP contribution in [0, 0.1) is 5.92 Å². The molecule has 2 fully saturated rings. The SMILES string of the molecule is C1CNCC(Cc2nc(CC3CCCO3)no2)C1. The molecule has 5 nitrogen and oxygen atoms in total. The number of nitrogens with zero attached hydrogens (tertiary/aromatic N) is 2. The van der Waals surface area contributed by atoms with Crippen molar-refractivity contribution in [3.05, 3.63) is 11.7 Å². The van der Waals surface area contributed by atoms with E-state index in [0.717, 1.165) is 57.1 Å². The summed E-state index contributed by atoms with van der Waals surface area (Å²) in [6.45, 7) is 3.09. The quantitative estimate of drug-likeness (QED) is 0.875. The summed E-state index contributed by atoms with van der Waals surface area (Å²) in [4.78, 5) is 4.48. The van der Waals surface area contributed by atoms with Crippen LogP contribution in [0.5, 0.6) is 0 Å². The average molecular weight is 251 g/mol. The molecule has 2 atom stereocenters. The van der Waals surface area contributed by atoms with E-state index in [1.54, 1.807) is 0 Å². The number of ether oxygens (including phenoxy) is 1. The van der Waals surface area contributed by atoms with E-state index in [-0.39, 0.29) is 0 Å². The van der Waals surface area contributed by atoms with Gasteiger partial charge in [-0.05, 0) is 44.7 Å². The molecule has 2 unspecified atom stereocenters. The predicted molar refractivity (Wildman–Crippen MR) is 66.3 cm³/mol. The molecule has 0 aromatic carbocycles. The Kier molecular flexibility index (Phi) is 3.90. The van der Waals surface area contributed by atoms with Gasteiger partial charge in [-0.1, -0.05) is 5.16 Å². The molecule has 1 aromatic rings. The molecule has 2 aliphatic rings. The van der Waals surface area contributed by atoms with Crippen LogP contribution in [-0.2, 0) is 17.6 Å². The highest BCUT2D eigenvalue weighted by Crippen LogP contribution is 2.18. The molecule has 18 heavy (non-hydrogen) atoms. The lowest BCUT2D eigenvalue weighted by molar-refractivity contribution is 0.109. The van der Waals surface area contributed by atoms with Gasteiger partial charge in [0.15, 0.2) is 5.82 Å². The molecule has 100 valence electrons. The van der Waals surface area contributed by atoms with Crippen LogP contribution >= 0.6 is 0 Å². The molecule has 0 bridgehead atoms. The summed E-state index contributed by atoms with van der Waals surface area (Å²) < 4.78 is 10.9. The summed E-state index contributed by atoms with van der Waals surface area (Å²) in [5, 5.41) is 7.47. The van der Waals surface area contributed by atoms with Crippen LogP contribution in [-0.4, -0.2) is 35.9 Å². The third-order valence-electron chi connectivity index (χ3n) is 3.81. The van der Waals surface area contributed by atoms with Gasteiger partial charge in [-0.15, -0.1) is 0 Å². The average Bonchev–Trinajstić information content (AvgIpc) is 3.03. The summed E-state index contributed by atoms with van der Waals surface area (Å²) in [6, 6.07) is 0. The maximum Gasteiger partial charge on any atom is 0.226 e. The molecular formula is C13H21N3O2. The summed E-state index contributed by atoms with van der Waals surface area (Å²) in [5.41, 5.74) is 0. The number of nitrogens with one attached hydrogen (secondary N) is 1. The third-order valence-corrected chi connectivity index (χ3v) is 3.81. The van der Waals surface area contributed by atoms with E-state index < -0.39 is 0 Å². The predicted octanol–water partition coefficient (Wildman–Crippen LogP) is 1.33. The molecule has 1 N–H and O–H groups in total. The molecule has 2 saturated heterocycles. The first kappa shape index (κ1) is 12.1. The van der Waals surface area contributed by atoms with Gasteiger partial charge in [0.05, 0.1) is 6.10 Å². The Balaban J connectivity index is 1.52. The largest absolute Gasteiger partial charge is 0.378 e. The fourth-order valence-electron chi connectivity index (χ4n) is 2.81. The van der Waals surface area contributed by atoms with Crippen LogP contribution in [0.1, 0.15) is 37.4 Å². The monoisotopic (exact) mass is 251 g/mol. The fourth-order valence-corrected chi connectivity index (χ4v) is 2.81. The Morgan fingerprint density at radius 2 is 2.22 bits per heavy atom. The lowest BCUT2D eigenvalue weighted by Gasteiger charge is -2.20. The van der Waals surface area contributed by atoms with E-state index in [0.29, 0.717) is 12.0 Å². The number of aromatic nitrogens is 2. The molecule has 5 heteroatoms. The molecule has 3 heterocycles. The highest BCUT2D eigenvalue weighted by molar-refractivity contribution is 4.91. The van der Waals surface area contributed by atoms with Crippen molar-refractivity contribution < 1.29 is 9.26 Å². The number of hydrogen-bond acceptors (Lipinski definition) is 5. The standard InChI is InChI=1S/C13H21N3O2/c1-3-10(9-14-5-1)7-13-15-12(16-18-13)8-11-4-2-6-17-11/h10-11,14H,1-9H2. The van der Waals surface area contributed by atoms with Crippen LogP contribution in [0.4, 0.5) is 0 Å². The van der Waals surface area contributed by atoms with E-state index in [4.69, 9.17) is 9.26 Å². The smallest absolute Gasteiger partial charge is 0.226 e. The van der Waals surface area contributed by atoms with Gasteiger partial charge in [-0.2, -0.15) is 4.98 Å². The van der Waals surface area contributed by atoms with Gasteiger partial charge in [0, 0.05) is 19.4 Å². The second kappa shape index (κ2) is 5.80. The normalized spacial score (nSPS) is 28.7. The van der Waals surface area contributed by atoms with Gasteiger partial charge in [-0.25, -0.2) is 0 Å². The zero-order chi connectivity index (χ0) is 12.2. The molecule has 2 aliphatic heterocycles. The second-order valence-corrected chi connectivity index (χ2v) is 5.36. The molecular weight excluding hydrogens is 230 g/mol. The molecule has 0 aliphatic carbocycles. The van der Waals surface area contributed by atoms with Crippen LogP contribution in [0.3, 0.4) is 0 Å². The molecule has 0 radical (unpaired) electrons. The first-order valence-electron chi connectivity index (χ1n) is 7.04. The van der Waals surface area contributed by atoms with Crippen molar-refractivity contribution >= 4 is 0 Å². The van der Waals surface area contributed by atoms with Crippen molar-refractivity contribution in [3.63, 3.8) is 0 Å². The lowest BCUT2D eigenvalue weighted by Crippen LogP contribution is -2.30. The molecule has 3 rings (SSSR count). The topological polar surface area (TPSA) is 60.2 Å². The molecule has 1 aromatic heterocycles. The maximum absolute atomic E-state index is 5.58. The van der Waals surface area contributed by atoms with Crippen molar-refractivity contribution in [3.8, 4) is 0 Å². The number of piperidine rings is 1. The van der Waals surface area contributed by atoms with Gasteiger partial charge in [-0.3, -0.25) is 0 Å². The van der Waals surface area contributed by atoms with Crippen molar-refractivity contribution in [1.29, 1.82) is 0 Å². The lowest BCUT2D eigenvalue weighted by atomic mass is 9.96. The number of rotatable bonds is 4. The van der Waals surface area contributed by atoms with E-state index in [9.17, 15) is 0 Å². The van der Waals surface area contributed by atoms with Crippen molar-refractivity contribution in [2.75, 3.05) is 19.7 Å². The van der Waals surface area contributed by atoms with Crippen LogP contribution in [0.15, 0.2) is 4.52 Å². The van der Waals surface area contributed by atoms with Crippen molar-refractivity contribution in [2.45, 2.75) is 44.6 Å². The Morgan fingerprint density at radius 3 is 3.00 bits per heavy atom. The maximum atomic E-state index is 5.58. The van der Waals surface area contributed by atoms with Gasteiger partial charge in [0.25, 0.3) is 0 Å². The van der Waals surface area contributed by atoms with Gasteiger partial charge in [0.1, 0.15) is 0 Å². The minimum atomic E-state index is 0.298. The van der Waals surface area contributed by atoms with Crippen molar-refractivity contribution in [1.82, 2.24) is 15.5 Å². The van der Waals surface area contributed by atoms with Crippen LogP contribution in [0.2, 0.25) is 0 Å². The third kappa shape index (κ3) is 3.09. The van der Waals surface area contributed by atoms with E-state index in [1.807, 2.05) is 0 Å². The van der Waals surface area contributed by atoms with E-state index in [2.05, 4.69) is 15.5 Å². The highest BCUT2D eigenvalue weighted by Gasteiger charge is 2.21. The van der Waals surface area contributed by atoms with E-state index >= 15 is 0 Å². The van der Waals surface area contributed by atoms with Crippen LogP contribution < -0.4 is 5.32 Å². The highest BCUT2D eigenvalue weighted by atomic mass is 16.5. The Labute approximate surface area is 107 Å². The zero-order valence-corrected chi connectivity index (χ0v) is 10.7. The van der Waals surface area contributed by atoms with Crippen molar-refractivity contribution in [2.24, 2.45) is 5.92 Å². The van der Waals surface area contributed by atoms with E-state index in [1.165, 1.54) is 12.8 Å². The summed E-state index contributed by atoms with van der Waals surface area (Å²) >= 11 is 0. The Bertz CT molecular complexity index is 368. The second-order valence-electron chi connectivity index (χ2n) is 5.36. The van der Waals surface area contributed by atoms with Gasteiger partial charge >= 0.3 is 0 Å². The fraction of sp³-hybridized carbons (Fsp3) is 0.846. The number of hydrogen-bond donors (Lipinski definition) is 1. The summed E-state index contributed by atoms with van der Waals surface area (Å²) in [6.07, 6.45) is 6.79. The Morgan fingerprint density at radius 1 is 1.22 bits per heavy atom. The van der Waals surface area contributed by atoms with Crippen LogP contribution in [0.25, 0.3) is 0 Å². The summed E-state index contributed by atoms with van der Waals surface area (Å²) in [7, 11) is 0. The molecule has 0 saturated carbocycles. The van der Waals surface area contributed by atoms with Gasteiger partial charge in [0.2, 0.25) is 5.89 Å². The Hall–Kier alpha value is -0.940. The summed E-state index contributed by atoms with van der Waals surface area (Å²) in [5.74, 6) is 2.24. The minimum Gasteiger partial charge on any atom is -0.378 e.